The minimum atomic E-state index is -0.765. The predicted molar refractivity (Wildman–Crippen MR) is 261 cm³/mol. The number of ether oxygens (including phenoxy) is 3. The summed E-state index contributed by atoms with van der Waals surface area (Å²) >= 11 is 0. The van der Waals surface area contributed by atoms with Crippen LogP contribution in [0.3, 0.4) is 0 Å². The summed E-state index contributed by atoms with van der Waals surface area (Å²) in [6.45, 7) is 6.62. The molecule has 0 aliphatic heterocycles. The van der Waals surface area contributed by atoms with Gasteiger partial charge in [0, 0.05) is 19.3 Å². The number of carbonyl (C=O) groups is 3. The molecule has 0 saturated heterocycles. The molecule has 0 aliphatic rings. The zero-order valence-corrected chi connectivity index (χ0v) is 40.9. The summed E-state index contributed by atoms with van der Waals surface area (Å²) < 4.78 is 16.8. The summed E-state index contributed by atoms with van der Waals surface area (Å²) in [7, 11) is 0. The van der Waals surface area contributed by atoms with Crippen molar-refractivity contribution in [2.75, 3.05) is 13.2 Å². The van der Waals surface area contributed by atoms with Gasteiger partial charge >= 0.3 is 17.9 Å². The average Bonchev–Trinajstić information content (AvgIpc) is 3.26. The number of hydrogen-bond acceptors (Lipinski definition) is 6. The van der Waals surface area contributed by atoms with Crippen molar-refractivity contribution in [3.05, 3.63) is 24.3 Å². The molecule has 0 aromatic rings. The Balaban J connectivity index is 4.18. The van der Waals surface area contributed by atoms with E-state index in [1.807, 2.05) is 0 Å². The van der Waals surface area contributed by atoms with Crippen LogP contribution in [0.1, 0.15) is 290 Å². The first-order valence-corrected chi connectivity index (χ1v) is 26.8. The molecule has 0 rings (SSSR count). The first kappa shape index (κ1) is 58.9. The third-order valence-electron chi connectivity index (χ3n) is 12.0. The summed E-state index contributed by atoms with van der Waals surface area (Å²) in [5.74, 6) is -0.864. The second-order valence-corrected chi connectivity index (χ2v) is 18.2. The van der Waals surface area contributed by atoms with Crippen LogP contribution in [0.5, 0.6) is 0 Å². The van der Waals surface area contributed by atoms with E-state index in [-0.39, 0.29) is 31.1 Å². The normalized spacial score (nSPS) is 12.1. The molecule has 0 bridgehead atoms. The maximum atomic E-state index is 12.8. The monoisotopic (exact) mass is 859 g/mol. The summed E-state index contributed by atoms with van der Waals surface area (Å²) in [5, 5.41) is 0. The first-order valence-electron chi connectivity index (χ1n) is 26.8. The number of rotatable bonds is 49. The Bertz CT molecular complexity index is 989. The van der Waals surface area contributed by atoms with Crippen molar-refractivity contribution in [1.82, 2.24) is 0 Å². The van der Waals surface area contributed by atoms with Gasteiger partial charge in [-0.2, -0.15) is 0 Å². The largest absolute Gasteiger partial charge is 0.462 e. The Morgan fingerprint density at radius 3 is 0.902 bits per heavy atom. The van der Waals surface area contributed by atoms with Crippen LogP contribution in [0.2, 0.25) is 0 Å². The second-order valence-electron chi connectivity index (χ2n) is 18.2. The van der Waals surface area contributed by atoms with Crippen LogP contribution in [-0.2, 0) is 28.6 Å². The lowest BCUT2D eigenvalue weighted by Gasteiger charge is -2.18. The van der Waals surface area contributed by atoms with Gasteiger partial charge in [-0.3, -0.25) is 14.4 Å². The molecule has 0 fully saturated rings. The molecule has 0 N–H and O–H groups in total. The number of carbonyl (C=O) groups excluding carboxylic acids is 3. The van der Waals surface area contributed by atoms with Gasteiger partial charge in [0.15, 0.2) is 6.10 Å². The molecular formula is C55H102O6. The third-order valence-corrected chi connectivity index (χ3v) is 12.0. The van der Waals surface area contributed by atoms with E-state index in [1.54, 1.807) is 0 Å². The van der Waals surface area contributed by atoms with E-state index in [0.717, 1.165) is 64.2 Å². The molecule has 61 heavy (non-hydrogen) atoms. The van der Waals surface area contributed by atoms with E-state index in [1.165, 1.54) is 186 Å². The van der Waals surface area contributed by atoms with E-state index >= 15 is 0 Å². The molecule has 0 heterocycles. The number of hydrogen-bond donors (Lipinski definition) is 0. The van der Waals surface area contributed by atoms with Gasteiger partial charge in [-0.05, 0) is 51.4 Å². The fourth-order valence-corrected chi connectivity index (χ4v) is 7.89. The Morgan fingerprint density at radius 1 is 0.328 bits per heavy atom. The van der Waals surface area contributed by atoms with Crippen molar-refractivity contribution >= 4 is 17.9 Å². The highest BCUT2D eigenvalue weighted by atomic mass is 16.6. The maximum Gasteiger partial charge on any atom is 0.306 e. The average molecular weight is 859 g/mol. The molecule has 0 amide bonds. The summed E-state index contributed by atoms with van der Waals surface area (Å²) in [5.41, 5.74) is 0. The standard InChI is InChI=1S/C55H102O6/c1-4-7-10-13-16-18-20-22-24-25-26-27-28-29-31-32-34-36-39-42-45-48-54(57)60-51-52(50-59-53(56)47-44-41-38-15-12-9-6-3)61-55(58)49-46-43-40-37-35-33-30-23-21-19-17-14-11-8-5-2/h20,22,25-26,52H,4-19,21,23-24,27-51H2,1-3H3/b22-20-,26-25-. The number of allylic oxidation sites excluding steroid dienone is 4. The van der Waals surface area contributed by atoms with Crippen molar-refractivity contribution in [3.8, 4) is 0 Å². The molecule has 0 aromatic carbocycles. The highest BCUT2D eigenvalue weighted by Gasteiger charge is 2.19. The third kappa shape index (κ3) is 48.8. The molecule has 0 aliphatic carbocycles. The fourth-order valence-electron chi connectivity index (χ4n) is 7.89. The van der Waals surface area contributed by atoms with E-state index < -0.39 is 6.10 Å². The number of esters is 3. The van der Waals surface area contributed by atoms with Gasteiger partial charge in [-0.15, -0.1) is 0 Å². The molecule has 0 saturated carbocycles. The quantitative estimate of drug-likeness (QED) is 0.0262. The number of unbranched alkanes of at least 4 members (excludes halogenated alkanes) is 34. The van der Waals surface area contributed by atoms with Crippen molar-refractivity contribution in [2.24, 2.45) is 0 Å². The Labute approximate surface area is 379 Å². The van der Waals surface area contributed by atoms with Gasteiger partial charge in [0.1, 0.15) is 13.2 Å². The summed E-state index contributed by atoms with van der Waals surface area (Å²) in [6, 6.07) is 0. The van der Waals surface area contributed by atoms with E-state index in [0.29, 0.717) is 19.3 Å². The molecule has 1 atom stereocenters. The smallest absolute Gasteiger partial charge is 0.306 e. The minimum absolute atomic E-state index is 0.0686. The lowest BCUT2D eigenvalue weighted by molar-refractivity contribution is -0.167. The van der Waals surface area contributed by atoms with Gasteiger partial charge in [-0.1, -0.05) is 244 Å². The van der Waals surface area contributed by atoms with Gasteiger partial charge in [-0.25, -0.2) is 0 Å². The highest BCUT2D eigenvalue weighted by Crippen LogP contribution is 2.16. The molecule has 6 heteroatoms. The summed E-state index contributed by atoms with van der Waals surface area (Å²) in [6.07, 6.45) is 57.5. The fraction of sp³-hybridized carbons (Fsp3) is 0.873. The lowest BCUT2D eigenvalue weighted by Crippen LogP contribution is -2.30. The van der Waals surface area contributed by atoms with Crippen LogP contribution in [0, 0.1) is 0 Å². The first-order chi connectivity index (χ1) is 30.0. The molecule has 0 radical (unpaired) electrons. The Morgan fingerprint density at radius 2 is 0.590 bits per heavy atom. The van der Waals surface area contributed by atoms with Crippen LogP contribution >= 0.6 is 0 Å². The molecule has 0 aromatic heterocycles. The van der Waals surface area contributed by atoms with Crippen molar-refractivity contribution in [1.29, 1.82) is 0 Å². The van der Waals surface area contributed by atoms with Crippen LogP contribution < -0.4 is 0 Å². The van der Waals surface area contributed by atoms with E-state index in [9.17, 15) is 14.4 Å². The van der Waals surface area contributed by atoms with Gasteiger partial charge < -0.3 is 14.2 Å². The molecule has 0 spiro atoms. The SMILES string of the molecule is CCCCCCC/C=C\C/C=C\CCCCCCCCCCCC(=O)OCC(COC(=O)CCCCCCCCC)OC(=O)CCCCCCCCCCCCCCCCC. The second kappa shape index (κ2) is 50.5. The summed E-state index contributed by atoms with van der Waals surface area (Å²) in [4.78, 5) is 37.8. The minimum Gasteiger partial charge on any atom is -0.462 e. The molecule has 358 valence electrons. The van der Waals surface area contributed by atoms with Crippen molar-refractivity contribution in [3.63, 3.8) is 0 Å². The zero-order valence-electron chi connectivity index (χ0n) is 40.9. The predicted octanol–water partition coefficient (Wildman–Crippen LogP) is 17.5. The van der Waals surface area contributed by atoms with E-state index in [2.05, 4.69) is 45.1 Å². The molecule has 6 nitrogen and oxygen atoms in total. The van der Waals surface area contributed by atoms with Crippen molar-refractivity contribution in [2.45, 2.75) is 297 Å². The van der Waals surface area contributed by atoms with Crippen LogP contribution in [-0.4, -0.2) is 37.2 Å². The van der Waals surface area contributed by atoms with Crippen LogP contribution in [0.25, 0.3) is 0 Å². The van der Waals surface area contributed by atoms with Gasteiger partial charge in [0.2, 0.25) is 0 Å². The maximum absolute atomic E-state index is 12.8. The molecule has 1 unspecified atom stereocenters. The van der Waals surface area contributed by atoms with Gasteiger partial charge in [0.25, 0.3) is 0 Å². The van der Waals surface area contributed by atoms with Crippen LogP contribution in [0.15, 0.2) is 24.3 Å². The van der Waals surface area contributed by atoms with Crippen LogP contribution in [0.4, 0.5) is 0 Å². The Hall–Kier alpha value is -2.11. The van der Waals surface area contributed by atoms with Crippen molar-refractivity contribution < 1.29 is 28.6 Å². The Kier molecular flexibility index (Phi) is 48.8. The highest BCUT2D eigenvalue weighted by molar-refractivity contribution is 5.71. The zero-order chi connectivity index (χ0) is 44.4. The van der Waals surface area contributed by atoms with E-state index in [4.69, 9.17) is 14.2 Å². The van der Waals surface area contributed by atoms with Gasteiger partial charge in [0.05, 0.1) is 0 Å². The lowest BCUT2D eigenvalue weighted by atomic mass is 10.0. The molecular weight excluding hydrogens is 757 g/mol. The topological polar surface area (TPSA) is 78.9 Å².